The van der Waals surface area contributed by atoms with Crippen molar-refractivity contribution in [3.05, 3.63) is 18.1 Å². The molecule has 0 fully saturated rings. The molecular formula is C13H22N4O2. The second-order valence-electron chi connectivity index (χ2n) is 4.75. The lowest BCUT2D eigenvalue weighted by Crippen LogP contribution is -2.33. The van der Waals surface area contributed by atoms with Gasteiger partial charge in [-0.2, -0.15) is 0 Å². The predicted molar refractivity (Wildman–Crippen MR) is 74.5 cm³/mol. The molecule has 0 aliphatic rings. The number of carbonyl (C=O) groups is 1. The summed E-state index contributed by atoms with van der Waals surface area (Å²) in [5, 5.41) is 11.9. The summed E-state index contributed by atoms with van der Waals surface area (Å²) in [6.45, 7) is 6.22. The molecule has 0 amide bonds. The van der Waals surface area contributed by atoms with Crippen LogP contribution in [0.1, 0.15) is 37.2 Å². The molecule has 1 rings (SSSR count). The minimum absolute atomic E-state index is 0.0433. The highest BCUT2D eigenvalue weighted by Gasteiger charge is 2.08. The Morgan fingerprint density at radius 2 is 2.21 bits per heavy atom. The van der Waals surface area contributed by atoms with Crippen molar-refractivity contribution in [3.8, 4) is 0 Å². The Hall–Kier alpha value is -1.69. The fourth-order valence-electron chi connectivity index (χ4n) is 1.80. The van der Waals surface area contributed by atoms with Gasteiger partial charge in [0.05, 0.1) is 12.4 Å². The van der Waals surface area contributed by atoms with Crippen LogP contribution >= 0.6 is 0 Å². The SMILES string of the molecule is CCCCN(C)CC(C)Nc1cnc(C(=O)O)cn1. The second kappa shape index (κ2) is 7.68. The number of nitrogens with zero attached hydrogens (tertiary/aromatic N) is 3. The van der Waals surface area contributed by atoms with E-state index in [9.17, 15) is 4.79 Å². The quantitative estimate of drug-likeness (QED) is 0.745. The smallest absolute Gasteiger partial charge is 0.356 e. The van der Waals surface area contributed by atoms with Crippen LogP contribution in [-0.2, 0) is 0 Å². The van der Waals surface area contributed by atoms with Crippen LogP contribution in [0, 0.1) is 0 Å². The second-order valence-corrected chi connectivity index (χ2v) is 4.75. The monoisotopic (exact) mass is 266 g/mol. The van der Waals surface area contributed by atoms with Gasteiger partial charge >= 0.3 is 5.97 Å². The van der Waals surface area contributed by atoms with Crippen molar-refractivity contribution < 1.29 is 9.90 Å². The van der Waals surface area contributed by atoms with Crippen molar-refractivity contribution in [1.29, 1.82) is 0 Å². The molecule has 0 aliphatic carbocycles. The molecule has 1 unspecified atom stereocenters. The molecule has 0 saturated heterocycles. The minimum Gasteiger partial charge on any atom is -0.476 e. The summed E-state index contributed by atoms with van der Waals surface area (Å²) < 4.78 is 0. The van der Waals surface area contributed by atoms with E-state index in [4.69, 9.17) is 5.11 Å². The maximum absolute atomic E-state index is 10.7. The van der Waals surface area contributed by atoms with Gasteiger partial charge in [-0.3, -0.25) is 0 Å². The lowest BCUT2D eigenvalue weighted by atomic mass is 10.2. The largest absolute Gasteiger partial charge is 0.476 e. The van der Waals surface area contributed by atoms with Crippen LogP contribution in [0.15, 0.2) is 12.4 Å². The van der Waals surface area contributed by atoms with Crippen LogP contribution in [0.25, 0.3) is 0 Å². The first-order valence-electron chi connectivity index (χ1n) is 6.53. The summed E-state index contributed by atoms with van der Waals surface area (Å²) in [5.74, 6) is -0.465. The fraction of sp³-hybridized carbons (Fsp3) is 0.615. The van der Waals surface area contributed by atoms with Crippen molar-refractivity contribution >= 4 is 11.8 Å². The van der Waals surface area contributed by atoms with E-state index in [1.54, 1.807) is 0 Å². The van der Waals surface area contributed by atoms with E-state index in [-0.39, 0.29) is 11.7 Å². The Morgan fingerprint density at radius 3 is 2.74 bits per heavy atom. The number of aromatic carboxylic acids is 1. The van der Waals surface area contributed by atoms with E-state index in [2.05, 4.69) is 41.1 Å². The molecule has 6 nitrogen and oxygen atoms in total. The van der Waals surface area contributed by atoms with Gasteiger partial charge < -0.3 is 15.3 Å². The molecule has 19 heavy (non-hydrogen) atoms. The highest BCUT2D eigenvalue weighted by Crippen LogP contribution is 2.04. The lowest BCUT2D eigenvalue weighted by Gasteiger charge is -2.22. The number of nitrogens with one attached hydrogen (secondary N) is 1. The third kappa shape index (κ3) is 5.65. The van der Waals surface area contributed by atoms with Gasteiger partial charge in [0.2, 0.25) is 0 Å². The zero-order chi connectivity index (χ0) is 14.3. The van der Waals surface area contributed by atoms with Crippen molar-refractivity contribution in [1.82, 2.24) is 14.9 Å². The first kappa shape index (κ1) is 15.4. The normalized spacial score (nSPS) is 12.4. The molecule has 1 heterocycles. The average molecular weight is 266 g/mol. The Morgan fingerprint density at radius 1 is 1.47 bits per heavy atom. The first-order valence-corrected chi connectivity index (χ1v) is 6.53. The minimum atomic E-state index is -1.06. The summed E-state index contributed by atoms with van der Waals surface area (Å²) in [6.07, 6.45) is 5.09. The number of aromatic nitrogens is 2. The summed E-state index contributed by atoms with van der Waals surface area (Å²) in [7, 11) is 2.09. The van der Waals surface area contributed by atoms with Crippen LogP contribution in [0.3, 0.4) is 0 Å². The number of unbranched alkanes of at least 4 members (excludes halogenated alkanes) is 1. The molecule has 1 atom stereocenters. The molecule has 0 bridgehead atoms. The Kier molecular flexibility index (Phi) is 6.21. The molecular weight excluding hydrogens is 244 g/mol. The van der Waals surface area contributed by atoms with Gasteiger partial charge in [-0.05, 0) is 26.9 Å². The number of rotatable bonds is 8. The zero-order valence-corrected chi connectivity index (χ0v) is 11.8. The third-order valence-corrected chi connectivity index (χ3v) is 2.74. The lowest BCUT2D eigenvalue weighted by molar-refractivity contribution is 0.0690. The number of likely N-dealkylation sites (N-methyl/N-ethyl adjacent to an activating group) is 1. The predicted octanol–water partition coefficient (Wildman–Crippen LogP) is 1.71. The zero-order valence-electron chi connectivity index (χ0n) is 11.8. The van der Waals surface area contributed by atoms with Crippen molar-refractivity contribution in [2.75, 3.05) is 25.5 Å². The van der Waals surface area contributed by atoms with E-state index in [0.717, 1.165) is 13.1 Å². The first-order chi connectivity index (χ1) is 9.02. The molecule has 6 heteroatoms. The summed E-state index contributed by atoms with van der Waals surface area (Å²) in [6, 6.07) is 0.229. The number of hydrogen-bond acceptors (Lipinski definition) is 5. The number of carboxylic acid groups (broad SMARTS) is 1. The molecule has 0 radical (unpaired) electrons. The number of carboxylic acids is 1. The van der Waals surface area contributed by atoms with Crippen molar-refractivity contribution in [3.63, 3.8) is 0 Å². The molecule has 106 valence electrons. The maximum atomic E-state index is 10.7. The molecule has 1 aromatic heterocycles. The molecule has 1 aromatic rings. The molecule has 0 aromatic carbocycles. The van der Waals surface area contributed by atoms with E-state index < -0.39 is 5.97 Å². The number of anilines is 1. The van der Waals surface area contributed by atoms with E-state index in [0.29, 0.717) is 5.82 Å². The van der Waals surface area contributed by atoms with Gasteiger partial charge in [-0.25, -0.2) is 14.8 Å². The highest BCUT2D eigenvalue weighted by molar-refractivity contribution is 5.84. The van der Waals surface area contributed by atoms with Gasteiger partial charge in [0.25, 0.3) is 0 Å². The Balaban J connectivity index is 2.43. The van der Waals surface area contributed by atoms with Crippen LogP contribution in [0.4, 0.5) is 5.82 Å². The van der Waals surface area contributed by atoms with Crippen molar-refractivity contribution in [2.24, 2.45) is 0 Å². The standard InChI is InChI=1S/C13H22N4O2/c1-4-5-6-17(3)9-10(2)16-12-8-14-11(7-15-12)13(18)19/h7-8,10H,4-6,9H2,1-3H3,(H,15,16)(H,18,19). The van der Waals surface area contributed by atoms with Gasteiger partial charge in [0.1, 0.15) is 5.82 Å². The summed E-state index contributed by atoms with van der Waals surface area (Å²) in [4.78, 5) is 20.8. The molecule has 0 aliphatic heterocycles. The summed E-state index contributed by atoms with van der Waals surface area (Å²) in [5.41, 5.74) is -0.0433. The fourth-order valence-corrected chi connectivity index (χ4v) is 1.80. The van der Waals surface area contributed by atoms with Crippen molar-refractivity contribution in [2.45, 2.75) is 32.7 Å². The highest BCUT2D eigenvalue weighted by atomic mass is 16.4. The molecule has 0 saturated carbocycles. The topological polar surface area (TPSA) is 78.4 Å². The summed E-state index contributed by atoms with van der Waals surface area (Å²) >= 11 is 0. The average Bonchev–Trinajstić information content (AvgIpc) is 2.36. The Bertz CT molecular complexity index is 394. The van der Waals surface area contributed by atoms with E-state index >= 15 is 0 Å². The van der Waals surface area contributed by atoms with Gasteiger partial charge in [-0.15, -0.1) is 0 Å². The van der Waals surface area contributed by atoms with Crippen LogP contribution in [0.5, 0.6) is 0 Å². The third-order valence-electron chi connectivity index (χ3n) is 2.74. The Labute approximate surface area is 113 Å². The van der Waals surface area contributed by atoms with Gasteiger partial charge in [0.15, 0.2) is 5.69 Å². The van der Waals surface area contributed by atoms with Crippen LogP contribution in [0.2, 0.25) is 0 Å². The molecule has 0 spiro atoms. The van der Waals surface area contributed by atoms with Crippen LogP contribution in [-0.4, -0.2) is 52.1 Å². The van der Waals surface area contributed by atoms with Gasteiger partial charge in [-0.1, -0.05) is 13.3 Å². The van der Waals surface area contributed by atoms with Gasteiger partial charge in [0, 0.05) is 12.6 Å². The molecule has 2 N–H and O–H groups in total. The van der Waals surface area contributed by atoms with E-state index in [1.165, 1.54) is 25.2 Å². The van der Waals surface area contributed by atoms with Crippen LogP contribution < -0.4 is 5.32 Å². The number of hydrogen-bond donors (Lipinski definition) is 2. The van der Waals surface area contributed by atoms with E-state index in [1.807, 2.05) is 0 Å². The maximum Gasteiger partial charge on any atom is 0.356 e.